The van der Waals surface area contributed by atoms with Gasteiger partial charge in [-0.25, -0.2) is 9.48 Å². The van der Waals surface area contributed by atoms with Crippen LogP contribution in [0.4, 0.5) is 0 Å². The molecular formula is C11H18N4O. The zero-order chi connectivity index (χ0) is 11.0. The van der Waals surface area contributed by atoms with Crippen LogP contribution in [0.2, 0.25) is 0 Å². The van der Waals surface area contributed by atoms with Crippen molar-refractivity contribution in [3.63, 3.8) is 0 Å². The Labute approximate surface area is 94.5 Å². The van der Waals surface area contributed by atoms with Gasteiger partial charge in [0.15, 0.2) is 0 Å². The van der Waals surface area contributed by atoms with Gasteiger partial charge in [0.2, 0.25) is 0 Å². The Morgan fingerprint density at radius 1 is 1.44 bits per heavy atom. The van der Waals surface area contributed by atoms with Crippen LogP contribution in [0.3, 0.4) is 0 Å². The number of rotatable bonds is 3. The first-order valence-electron chi connectivity index (χ1n) is 6.19. The van der Waals surface area contributed by atoms with Gasteiger partial charge >= 0.3 is 5.69 Å². The van der Waals surface area contributed by atoms with Gasteiger partial charge in [-0.2, -0.15) is 5.10 Å². The van der Waals surface area contributed by atoms with Crippen LogP contribution in [-0.4, -0.2) is 27.4 Å². The molecule has 1 saturated heterocycles. The standard InChI is InChI=1S/C11H18N4O/c16-11-14(10-4-5-12-6-10)8-13-15(11)7-9-2-1-3-9/h8-10,12H,1-7H2/t10-/m1/s1. The topological polar surface area (TPSA) is 51.9 Å². The highest BCUT2D eigenvalue weighted by molar-refractivity contribution is 4.83. The first-order valence-corrected chi connectivity index (χ1v) is 6.19. The summed E-state index contributed by atoms with van der Waals surface area (Å²) < 4.78 is 3.43. The molecule has 2 fully saturated rings. The van der Waals surface area contributed by atoms with Crippen LogP contribution < -0.4 is 11.0 Å². The Bertz CT molecular complexity index is 412. The van der Waals surface area contributed by atoms with Crippen LogP contribution in [0.5, 0.6) is 0 Å². The summed E-state index contributed by atoms with van der Waals surface area (Å²) in [5.41, 5.74) is 0.0700. The van der Waals surface area contributed by atoms with Gasteiger partial charge in [-0.3, -0.25) is 4.57 Å². The monoisotopic (exact) mass is 222 g/mol. The van der Waals surface area contributed by atoms with E-state index in [0.29, 0.717) is 12.0 Å². The Morgan fingerprint density at radius 3 is 2.94 bits per heavy atom. The molecule has 88 valence electrons. The van der Waals surface area contributed by atoms with E-state index < -0.39 is 0 Å². The fourth-order valence-corrected chi connectivity index (χ4v) is 2.52. The number of aromatic nitrogens is 3. The van der Waals surface area contributed by atoms with Crippen LogP contribution in [0.1, 0.15) is 31.7 Å². The molecule has 5 nitrogen and oxygen atoms in total. The average Bonchev–Trinajstić information content (AvgIpc) is 2.81. The molecule has 0 radical (unpaired) electrons. The van der Waals surface area contributed by atoms with E-state index in [0.717, 1.165) is 26.1 Å². The molecule has 0 aromatic carbocycles. The summed E-state index contributed by atoms with van der Waals surface area (Å²) in [6, 6.07) is 0.308. The molecule has 0 unspecified atom stereocenters. The normalized spacial score (nSPS) is 25.9. The molecular weight excluding hydrogens is 204 g/mol. The Kier molecular flexibility index (Phi) is 2.55. The minimum atomic E-state index is 0.0700. The maximum atomic E-state index is 12.1. The molecule has 2 heterocycles. The number of nitrogens with zero attached hydrogens (tertiary/aromatic N) is 3. The van der Waals surface area contributed by atoms with Crippen molar-refractivity contribution in [1.82, 2.24) is 19.7 Å². The van der Waals surface area contributed by atoms with Crippen LogP contribution >= 0.6 is 0 Å². The van der Waals surface area contributed by atoms with Crippen molar-refractivity contribution in [2.75, 3.05) is 13.1 Å². The van der Waals surface area contributed by atoms with Gasteiger partial charge in [0, 0.05) is 13.1 Å². The Morgan fingerprint density at radius 2 is 2.31 bits per heavy atom. The molecule has 1 aromatic rings. The van der Waals surface area contributed by atoms with Gasteiger partial charge in [-0.1, -0.05) is 6.42 Å². The van der Waals surface area contributed by atoms with Gasteiger partial charge in [-0.05, 0) is 31.7 Å². The van der Waals surface area contributed by atoms with E-state index in [2.05, 4.69) is 10.4 Å². The number of nitrogens with one attached hydrogen (secondary N) is 1. The highest BCUT2D eigenvalue weighted by atomic mass is 16.2. The third-order valence-electron chi connectivity index (χ3n) is 3.84. The van der Waals surface area contributed by atoms with E-state index in [1.165, 1.54) is 19.3 Å². The molecule has 1 aromatic heterocycles. The molecule has 2 aliphatic rings. The second-order valence-electron chi connectivity index (χ2n) is 4.95. The third-order valence-corrected chi connectivity index (χ3v) is 3.84. The van der Waals surface area contributed by atoms with Gasteiger partial charge in [0.05, 0.1) is 6.04 Å². The van der Waals surface area contributed by atoms with Crippen molar-refractivity contribution in [1.29, 1.82) is 0 Å². The second kappa shape index (κ2) is 4.05. The average molecular weight is 222 g/mol. The maximum absolute atomic E-state index is 12.1. The van der Waals surface area contributed by atoms with Crippen molar-refractivity contribution in [3.8, 4) is 0 Å². The van der Waals surface area contributed by atoms with Crippen LogP contribution in [-0.2, 0) is 6.54 Å². The van der Waals surface area contributed by atoms with E-state index in [1.54, 1.807) is 15.6 Å². The quantitative estimate of drug-likeness (QED) is 0.804. The van der Waals surface area contributed by atoms with Crippen molar-refractivity contribution >= 4 is 0 Å². The smallest absolute Gasteiger partial charge is 0.315 e. The van der Waals surface area contributed by atoms with Crippen LogP contribution in [0.25, 0.3) is 0 Å². The van der Waals surface area contributed by atoms with Crippen LogP contribution in [0, 0.1) is 5.92 Å². The molecule has 1 aliphatic heterocycles. The minimum absolute atomic E-state index is 0.0700. The molecule has 1 saturated carbocycles. The zero-order valence-corrected chi connectivity index (χ0v) is 9.43. The van der Waals surface area contributed by atoms with E-state index in [1.807, 2.05) is 0 Å². The SMILES string of the molecule is O=c1n([C@@H]2CCNC2)cnn1CC1CCC1. The fraction of sp³-hybridized carbons (Fsp3) is 0.818. The summed E-state index contributed by atoms with van der Waals surface area (Å²) in [5, 5.41) is 7.50. The van der Waals surface area contributed by atoms with Crippen molar-refractivity contribution in [2.24, 2.45) is 5.92 Å². The lowest BCUT2D eigenvalue weighted by atomic mass is 9.85. The third kappa shape index (κ3) is 1.69. The Balaban J connectivity index is 1.76. The molecule has 3 rings (SSSR count). The summed E-state index contributed by atoms with van der Waals surface area (Å²) in [5.74, 6) is 0.683. The van der Waals surface area contributed by atoms with Gasteiger partial charge in [0.1, 0.15) is 6.33 Å². The van der Waals surface area contributed by atoms with Crippen LogP contribution in [0.15, 0.2) is 11.1 Å². The molecule has 16 heavy (non-hydrogen) atoms. The lowest BCUT2D eigenvalue weighted by molar-refractivity contribution is 0.262. The minimum Gasteiger partial charge on any atom is -0.315 e. The zero-order valence-electron chi connectivity index (χ0n) is 9.43. The largest absolute Gasteiger partial charge is 0.346 e. The van der Waals surface area contributed by atoms with E-state index in [-0.39, 0.29) is 5.69 Å². The molecule has 1 atom stereocenters. The first-order chi connectivity index (χ1) is 7.84. The van der Waals surface area contributed by atoms with E-state index in [9.17, 15) is 4.79 Å². The summed E-state index contributed by atoms with van der Waals surface area (Å²) in [7, 11) is 0. The van der Waals surface area contributed by atoms with Crippen molar-refractivity contribution in [3.05, 3.63) is 16.8 Å². The molecule has 1 aliphatic carbocycles. The highest BCUT2D eigenvalue weighted by Gasteiger charge is 2.22. The fourth-order valence-electron chi connectivity index (χ4n) is 2.52. The molecule has 5 heteroatoms. The van der Waals surface area contributed by atoms with Crippen molar-refractivity contribution < 1.29 is 0 Å². The predicted molar refractivity (Wildman–Crippen MR) is 60.4 cm³/mol. The molecule has 0 spiro atoms. The lowest BCUT2D eigenvalue weighted by Crippen LogP contribution is -2.31. The summed E-state index contributed by atoms with van der Waals surface area (Å²) in [6.07, 6.45) is 6.56. The Hall–Kier alpha value is -1.10. The van der Waals surface area contributed by atoms with Gasteiger partial charge in [-0.15, -0.1) is 0 Å². The predicted octanol–water partition coefficient (Wildman–Crippen LogP) is 0.379. The molecule has 0 bridgehead atoms. The van der Waals surface area contributed by atoms with Crippen molar-refractivity contribution in [2.45, 2.75) is 38.3 Å². The highest BCUT2D eigenvalue weighted by Crippen LogP contribution is 2.27. The van der Waals surface area contributed by atoms with E-state index in [4.69, 9.17) is 0 Å². The second-order valence-corrected chi connectivity index (χ2v) is 4.95. The van der Waals surface area contributed by atoms with E-state index >= 15 is 0 Å². The number of hydrogen-bond acceptors (Lipinski definition) is 3. The van der Waals surface area contributed by atoms with Gasteiger partial charge < -0.3 is 5.32 Å². The van der Waals surface area contributed by atoms with Gasteiger partial charge in [0.25, 0.3) is 0 Å². The molecule has 1 N–H and O–H groups in total. The summed E-state index contributed by atoms with van der Waals surface area (Å²) in [4.78, 5) is 12.1. The number of hydrogen-bond donors (Lipinski definition) is 1. The summed E-state index contributed by atoms with van der Waals surface area (Å²) >= 11 is 0. The summed E-state index contributed by atoms with van der Waals surface area (Å²) in [6.45, 7) is 2.71. The first kappa shape index (κ1) is 10.1. The maximum Gasteiger partial charge on any atom is 0.346 e. The molecule has 0 amide bonds. The lowest BCUT2D eigenvalue weighted by Gasteiger charge is -2.24.